The SMILES string of the molecule is CCCCCCCCCCCCCCCCCCCCCN(CCCO)CCCO. The Morgan fingerprint density at radius 2 is 0.633 bits per heavy atom. The molecule has 0 heterocycles. The van der Waals surface area contributed by atoms with Gasteiger partial charge in [0.2, 0.25) is 0 Å². The molecule has 0 aliphatic carbocycles. The van der Waals surface area contributed by atoms with Crippen molar-refractivity contribution in [3.05, 3.63) is 0 Å². The third kappa shape index (κ3) is 24.2. The van der Waals surface area contributed by atoms with E-state index < -0.39 is 0 Å². The molecule has 0 bridgehead atoms. The minimum Gasteiger partial charge on any atom is -0.396 e. The van der Waals surface area contributed by atoms with E-state index in [2.05, 4.69) is 11.8 Å². The molecule has 0 spiro atoms. The summed E-state index contributed by atoms with van der Waals surface area (Å²) in [6.07, 6.45) is 28.7. The van der Waals surface area contributed by atoms with Crippen molar-refractivity contribution in [2.45, 2.75) is 142 Å². The molecule has 0 aliphatic heterocycles. The van der Waals surface area contributed by atoms with Gasteiger partial charge in [0.05, 0.1) is 0 Å². The summed E-state index contributed by atoms with van der Waals surface area (Å²) in [6, 6.07) is 0. The van der Waals surface area contributed by atoms with Crippen molar-refractivity contribution in [3.63, 3.8) is 0 Å². The van der Waals surface area contributed by atoms with Gasteiger partial charge in [0.1, 0.15) is 0 Å². The van der Waals surface area contributed by atoms with Gasteiger partial charge in [-0.3, -0.25) is 0 Å². The Balaban J connectivity index is 3.21. The molecule has 0 saturated carbocycles. The Hall–Kier alpha value is -0.120. The summed E-state index contributed by atoms with van der Waals surface area (Å²) in [7, 11) is 0. The molecular weight excluding hydrogens is 370 g/mol. The lowest BCUT2D eigenvalue weighted by atomic mass is 10.0. The van der Waals surface area contributed by atoms with Gasteiger partial charge in [-0.25, -0.2) is 0 Å². The van der Waals surface area contributed by atoms with E-state index in [1.54, 1.807) is 0 Å². The zero-order valence-corrected chi connectivity index (χ0v) is 20.7. The van der Waals surface area contributed by atoms with Gasteiger partial charge in [0.25, 0.3) is 0 Å². The first kappa shape index (κ1) is 29.9. The van der Waals surface area contributed by atoms with Crippen LogP contribution >= 0.6 is 0 Å². The highest BCUT2D eigenvalue weighted by atomic mass is 16.3. The highest BCUT2D eigenvalue weighted by Gasteiger charge is 2.03. The molecule has 0 aromatic heterocycles. The normalized spacial score (nSPS) is 11.6. The van der Waals surface area contributed by atoms with Crippen molar-refractivity contribution in [1.29, 1.82) is 0 Å². The van der Waals surface area contributed by atoms with Crippen LogP contribution in [0.4, 0.5) is 0 Å². The summed E-state index contributed by atoms with van der Waals surface area (Å²) in [5.41, 5.74) is 0. The molecular formula is C27H57NO2. The number of aliphatic hydroxyl groups excluding tert-OH is 2. The first-order valence-corrected chi connectivity index (χ1v) is 13.8. The molecule has 30 heavy (non-hydrogen) atoms. The van der Waals surface area contributed by atoms with Crippen molar-refractivity contribution < 1.29 is 10.2 Å². The molecule has 0 unspecified atom stereocenters. The number of hydrogen-bond acceptors (Lipinski definition) is 3. The van der Waals surface area contributed by atoms with E-state index in [0.29, 0.717) is 0 Å². The van der Waals surface area contributed by atoms with Gasteiger partial charge in [-0.15, -0.1) is 0 Å². The topological polar surface area (TPSA) is 43.7 Å². The van der Waals surface area contributed by atoms with Gasteiger partial charge in [0.15, 0.2) is 0 Å². The molecule has 0 saturated heterocycles. The standard InChI is InChI=1S/C27H57NO2/c1-2-3-4-5-6-7-8-9-10-11-12-13-14-15-16-17-18-19-20-23-28(24-21-26-29)25-22-27-30/h29-30H,2-27H2,1H3. The summed E-state index contributed by atoms with van der Waals surface area (Å²) in [5, 5.41) is 18.0. The lowest BCUT2D eigenvalue weighted by Crippen LogP contribution is -2.28. The monoisotopic (exact) mass is 427 g/mol. The summed E-state index contributed by atoms with van der Waals surface area (Å²) >= 11 is 0. The lowest BCUT2D eigenvalue weighted by Gasteiger charge is -2.21. The van der Waals surface area contributed by atoms with Crippen LogP contribution in [0.3, 0.4) is 0 Å². The predicted molar refractivity (Wildman–Crippen MR) is 133 cm³/mol. The minimum atomic E-state index is 0.273. The number of hydrogen-bond donors (Lipinski definition) is 2. The Morgan fingerprint density at radius 3 is 0.933 bits per heavy atom. The second-order valence-electron chi connectivity index (χ2n) is 9.36. The number of aliphatic hydroxyl groups is 2. The maximum atomic E-state index is 9.00. The maximum Gasteiger partial charge on any atom is 0.0443 e. The molecule has 3 heteroatoms. The second kappa shape index (κ2) is 26.9. The highest BCUT2D eigenvalue weighted by molar-refractivity contribution is 4.59. The average molecular weight is 428 g/mol. The molecule has 0 aromatic rings. The molecule has 0 atom stereocenters. The smallest absolute Gasteiger partial charge is 0.0443 e. The van der Waals surface area contributed by atoms with Crippen LogP contribution in [-0.4, -0.2) is 48.0 Å². The first-order valence-electron chi connectivity index (χ1n) is 13.8. The van der Waals surface area contributed by atoms with Crippen molar-refractivity contribution in [2.75, 3.05) is 32.8 Å². The van der Waals surface area contributed by atoms with Crippen molar-refractivity contribution >= 4 is 0 Å². The van der Waals surface area contributed by atoms with E-state index in [1.807, 2.05) is 0 Å². The van der Waals surface area contributed by atoms with Gasteiger partial charge < -0.3 is 15.1 Å². The van der Waals surface area contributed by atoms with Crippen LogP contribution < -0.4 is 0 Å². The fraction of sp³-hybridized carbons (Fsp3) is 1.00. The third-order valence-corrected chi connectivity index (χ3v) is 6.34. The van der Waals surface area contributed by atoms with Gasteiger partial charge in [-0.2, -0.15) is 0 Å². The van der Waals surface area contributed by atoms with Gasteiger partial charge in [-0.05, 0) is 25.8 Å². The van der Waals surface area contributed by atoms with Crippen molar-refractivity contribution in [2.24, 2.45) is 0 Å². The first-order chi connectivity index (χ1) is 14.8. The van der Waals surface area contributed by atoms with Crippen LogP contribution in [0.25, 0.3) is 0 Å². The molecule has 3 nitrogen and oxygen atoms in total. The molecule has 182 valence electrons. The molecule has 0 radical (unpaired) electrons. The fourth-order valence-corrected chi connectivity index (χ4v) is 4.34. The predicted octanol–water partition coefficient (Wildman–Crippen LogP) is 7.49. The van der Waals surface area contributed by atoms with Crippen LogP contribution in [-0.2, 0) is 0 Å². The second-order valence-corrected chi connectivity index (χ2v) is 9.36. The number of nitrogens with zero attached hydrogens (tertiary/aromatic N) is 1. The Bertz CT molecular complexity index is 291. The van der Waals surface area contributed by atoms with E-state index in [1.165, 1.54) is 122 Å². The summed E-state index contributed by atoms with van der Waals surface area (Å²) in [4.78, 5) is 2.40. The van der Waals surface area contributed by atoms with E-state index in [9.17, 15) is 0 Å². The van der Waals surface area contributed by atoms with Crippen LogP contribution in [0, 0.1) is 0 Å². The van der Waals surface area contributed by atoms with Crippen molar-refractivity contribution in [1.82, 2.24) is 4.90 Å². The molecule has 0 rings (SSSR count). The van der Waals surface area contributed by atoms with E-state index in [-0.39, 0.29) is 13.2 Å². The van der Waals surface area contributed by atoms with Gasteiger partial charge in [-0.1, -0.05) is 122 Å². The highest BCUT2D eigenvalue weighted by Crippen LogP contribution is 2.14. The number of unbranched alkanes of at least 4 members (excludes halogenated alkanes) is 18. The quantitative estimate of drug-likeness (QED) is 0.141. The van der Waals surface area contributed by atoms with Crippen LogP contribution in [0.2, 0.25) is 0 Å². The van der Waals surface area contributed by atoms with Gasteiger partial charge >= 0.3 is 0 Å². The largest absolute Gasteiger partial charge is 0.396 e. The Kier molecular flexibility index (Phi) is 26.8. The maximum absolute atomic E-state index is 9.00. The molecule has 2 N–H and O–H groups in total. The van der Waals surface area contributed by atoms with Crippen LogP contribution in [0.5, 0.6) is 0 Å². The zero-order chi connectivity index (χ0) is 22.0. The van der Waals surface area contributed by atoms with Crippen LogP contribution in [0.15, 0.2) is 0 Å². The summed E-state index contributed by atoms with van der Waals surface area (Å²) in [6.45, 7) is 5.90. The van der Waals surface area contributed by atoms with E-state index in [0.717, 1.165) is 32.5 Å². The average Bonchev–Trinajstić information content (AvgIpc) is 2.76. The summed E-state index contributed by atoms with van der Waals surface area (Å²) in [5.74, 6) is 0. The van der Waals surface area contributed by atoms with Crippen LogP contribution in [0.1, 0.15) is 142 Å². The Labute approximate surface area is 190 Å². The molecule has 0 fully saturated rings. The van der Waals surface area contributed by atoms with E-state index in [4.69, 9.17) is 10.2 Å². The van der Waals surface area contributed by atoms with Crippen molar-refractivity contribution in [3.8, 4) is 0 Å². The fourth-order valence-electron chi connectivity index (χ4n) is 4.34. The molecule has 0 amide bonds. The molecule has 0 aliphatic rings. The minimum absolute atomic E-state index is 0.273. The van der Waals surface area contributed by atoms with E-state index >= 15 is 0 Å². The third-order valence-electron chi connectivity index (χ3n) is 6.34. The van der Waals surface area contributed by atoms with Gasteiger partial charge in [0, 0.05) is 26.3 Å². The summed E-state index contributed by atoms with van der Waals surface area (Å²) < 4.78 is 0. The zero-order valence-electron chi connectivity index (χ0n) is 20.7. The molecule has 0 aromatic carbocycles. The Morgan fingerprint density at radius 1 is 0.367 bits per heavy atom. The lowest BCUT2D eigenvalue weighted by molar-refractivity contribution is 0.199. The number of rotatable bonds is 26.